The van der Waals surface area contributed by atoms with Crippen LogP contribution in [0.5, 0.6) is 0 Å². The fourth-order valence-electron chi connectivity index (χ4n) is 4.66. The highest BCUT2D eigenvalue weighted by molar-refractivity contribution is 5.10. The van der Waals surface area contributed by atoms with Crippen LogP contribution in [-0.2, 0) is 4.74 Å². The van der Waals surface area contributed by atoms with Crippen LogP contribution in [0.4, 0.5) is 0 Å². The van der Waals surface area contributed by atoms with E-state index in [1.807, 2.05) is 0 Å². The first-order valence-electron chi connectivity index (χ1n) is 7.41. The lowest BCUT2D eigenvalue weighted by atomic mass is 9.69. The summed E-state index contributed by atoms with van der Waals surface area (Å²) in [7, 11) is 0. The zero-order valence-corrected chi connectivity index (χ0v) is 11.6. The molecule has 1 heterocycles. The van der Waals surface area contributed by atoms with Gasteiger partial charge in [-0.05, 0) is 42.9 Å². The Labute approximate surface area is 105 Å². The topological polar surface area (TPSA) is 21.3 Å². The smallest absolute Gasteiger partial charge is 0.0868 e. The molecule has 3 fully saturated rings. The lowest BCUT2D eigenvalue weighted by molar-refractivity contribution is -0.139. The molecular weight excluding hydrogens is 210 g/mol. The van der Waals surface area contributed by atoms with Crippen molar-refractivity contribution in [3.63, 3.8) is 0 Å². The highest BCUT2D eigenvalue weighted by atomic mass is 16.5. The van der Waals surface area contributed by atoms with Gasteiger partial charge < -0.3 is 10.1 Å². The molecule has 2 nitrogen and oxygen atoms in total. The van der Waals surface area contributed by atoms with Gasteiger partial charge in [-0.25, -0.2) is 0 Å². The van der Waals surface area contributed by atoms with Crippen LogP contribution in [0.25, 0.3) is 0 Å². The molecule has 3 rings (SSSR count). The van der Waals surface area contributed by atoms with Crippen LogP contribution >= 0.6 is 0 Å². The third kappa shape index (κ3) is 1.84. The Kier molecular flexibility index (Phi) is 2.79. The largest absolute Gasteiger partial charge is 0.372 e. The van der Waals surface area contributed by atoms with Gasteiger partial charge in [-0.15, -0.1) is 0 Å². The zero-order chi connectivity index (χ0) is 12.1. The molecule has 1 saturated heterocycles. The number of hydrogen-bond acceptors (Lipinski definition) is 2. The van der Waals surface area contributed by atoms with E-state index in [0.29, 0.717) is 17.4 Å². The van der Waals surface area contributed by atoms with Crippen molar-refractivity contribution in [2.24, 2.45) is 17.3 Å². The second kappa shape index (κ2) is 3.96. The van der Waals surface area contributed by atoms with E-state index in [4.69, 9.17) is 4.74 Å². The summed E-state index contributed by atoms with van der Waals surface area (Å²) in [5, 5.41) is 3.80. The van der Waals surface area contributed by atoms with E-state index in [0.717, 1.165) is 19.1 Å². The van der Waals surface area contributed by atoms with Crippen molar-refractivity contribution in [3.05, 3.63) is 0 Å². The van der Waals surface area contributed by atoms with Crippen LogP contribution in [0.3, 0.4) is 0 Å². The van der Waals surface area contributed by atoms with Gasteiger partial charge in [-0.3, -0.25) is 0 Å². The third-order valence-corrected chi connectivity index (χ3v) is 5.43. The molecule has 1 spiro atoms. The van der Waals surface area contributed by atoms with Crippen molar-refractivity contribution < 1.29 is 4.74 Å². The van der Waals surface area contributed by atoms with Crippen molar-refractivity contribution in [2.75, 3.05) is 13.2 Å². The molecule has 3 atom stereocenters. The SMILES string of the molecule is CC1CC(C)(C)CC12OCCNC2C1CCC1. The Morgan fingerprint density at radius 2 is 2.00 bits per heavy atom. The van der Waals surface area contributed by atoms with Gasteiger partial charge in [-0.1, -0.05) is 27.2 Å². The predicted molar refractivity (Wildman–Crippen MR) is 70.0 cm³/mol. The molecule has 2 aliphatic carbocycles. The molecule has 3 unspecified atom stereocenters. The first-order valence-corrected chi connectivity index (χ1v) is 7.41. The van der Waals surface area contributed by atoms with Crippen LogP contribution in [0, 0.1) is 17.3 Å². The molecular formula is C15H27NO. The van der Waals surface area contributed by atoms with Gasteiger partial charge in [-0.2, -0.15) is 0 Å². The molecule has 0 bridgehead atoms. The Balaban J connectivity index is 1.86. The molecule has 17 heavy (non-hydrogen) atoms. The molecule has 2 heteroatoms. The summed E-state index contributed by atoms with van der Waals surface area (Å²) < 4.78 is 6.38. The minimum atomic E-state index is 0.146. The molecule has 0 aromatic carbocycles. The van der Waals surface area contributed by atoms with Gasteiger partial charge in [0, 0.05) is 12.6 Å². The first kappa shape index (κ1) is 12.0. The monoisotopic (exact) mass is 237 g/mol. The molecule has 1 aliphatic heterocycles. The summed E-state index contributed by atoms with van der Waals surface area (Å²) in [6.07, 6.45) is 6.82. The van der Waals surface area contributed by atoms with E-state index in [1.165, 1.54) is 32.1 Å². The highest BCUT2D eigenvalue weighted by Crippen LogP contribution is 2.54. The summed E-state index contributed by atoms with van der Waals surface area (Å²) in [6.45, 7) is 9.19. The standard InChI is InChI=1S/C15H27NO/c1-11-9-14(2,3)10-15(11)13(12-5-4-6-12)16-7-8-17-15/h11-13,16H,4-10H2,1-3H3. The second-order valence-electron chi connectivity index (χ2n) is 7.37. The Bertz CT molecular complexity index is 297. The first-order chi connectivity index (χ1) is 8.04. The maximum absolute atomic E-state index is 6.38. The van der Waals surface area contributed by atoms with Gasteiger partial charge in [0.2, 0.25) is 0 Å². The summed E-state index contributed by atoms with van der Waals surface area (Å²) in [5.74, 6) is 1.59. The fraction of sp³-hybridized carbons (Fsp3) is 1.00. The van der Waals surface area contributed by atoms with E-state index in [9.17, 15) is 0 Å². The summed E-state index contributed by atoms with van der Waals surface area (Å²) >= 11 is 0. The van der Waals surface area contributed by atoms with Crippen molar-refractivity contribution >= 4 is 0 Å². The lowest BCUT2D eigenvalue weighted by Gasteiger charge is -2.51. The molecule has 0 radical (unpaired) electrons. The molecule has 0 amide bonds. The maximum Gasteiger partial charge on any atom is 0.0868 e. The summed E-state index contributed by atoms with van der Waals surface area (Å²) in [6, 6.07) is 0.627. The van der Waals surface area contributed by atoms with Crippen LogP contribution in [0.2, 0.25) is 0 Å². The maximum atomic E-state index is 6.38. The summed E-state index contributed by atoms with van der Waals surface area (Å²) in [5.41, 5.74) is 0.604. The summed E-state index contributed by atoms with van der Waals surface area (Å²) in [4.78, 5) is 0. The molecule has 2 saturated carbocycles. The van der Waals surface area contributed by atoms with Crippen LogP contribution < -0.4 is 5.32 Å². The van der Waals surface area contributed by atoms with Crippen molar-refractivity contribution in [1.29, 1.82) is 0 Å². The minimum Gasteiger partial charge on any atom is -0.372 e. The number of nitrogens with one attached hydrogen (secondary N) is 1. The van der Waals surface area contributed by atoms with E-state index in [-0.39, 0.29) is 5.60 Å². The normalized spacial score (nSPS) is 46.1. The minimum absolute atomic E-state index is 0.146. The molecule has 98 valence electrons. The van der Waals surface area contributed by atoms with Gasteiger partial charge in [0.25, 0.3) is 0 Å². The Morgan fingerprint density at radius 3 is 2.53 bits per heavy atom. The molecule has 1 N–H and O–H groups in total. The molecule has 0 aromatic rings. The van der Waals surface area contributed by atoms with E-state index >= 15 is 0 Å². The van der Waals surface area contributed by atoms with Gasteiger partial charge in [0.15, 0.2) is 0 Å². The van der Waals surface area contributed by atoms with E-state index in [1.54, 1.807) is 0 Å². The van der Waals surface area contributed by atoms with Crippen LogP contribution in [-0.4, -0.2) is 24.8 Å². The number of hydrogen-bond donors (Lipinski definition) is 1. The average molecular weight is 237 g/mol. The van der Waals surface area contributed by atoms with E-state index < -0.39 is 0 Å². The molecule has 3 aliphatic rings. The Morgan fingerprint density at radius 1 is 1.24 bits per heavy atom. The second-order valence-corrected chi connectivity index (χ2v) is 7.37. The van der Waals surface area contributed by atoms with Crippen LogP contribution in [0.15, 0.2) is 0 Å². The quantitative estimate of drug-likeness (QED) is 0.757. The van der Waals surface area contributed by atoms with Crippen LogP contribution in [0.1, 0.15) is 52.9 Å². The zero-order valence-electron chi connectivity index (χ0n) is 11.6. The highest BCUT2D eigenvalue weighted by Gasteiger charge is 2.57. The third-order valence-electron chi connectivity index (χ3n) is 5.43. The Hall–Kier alpha value is -0.0800. The number of rotatable bonds is 1. The van der Waals surface area contributed by atoms with Gasteiger partial charge in [0.1, 0.15) is 0 Å². The van der Waals surface area contributed by atoms with Crippen molar-refractivity contribution in [3.8, 4) is 0 Å². The predicted octanol–water partition coefficient (Wildman–Crippen LogP) is 2.97. The van der Waals surface area contributed by atoms with E-state index in [2.05, 4.69) is 26.1 Å². The average Bonchev–Trinajstić information content (AvgIpc) is 2.38. The van der Waals surface area contributed by atoms with Crippen molar-refractivity contribution in [2.45, 2.75) is 64.5 Å². The molecule has 0 aromatic heterocycles. The fourth-order valence-corrected chi connectivity index (χ4v) is 4.66. The van der Waals surface area contributed by atoms with Crippen molar-refractivity contribution in [1.82, 2.24) is 5.32 Å². The van der Waals surface area contributed by atoms with Gasteiger partial charge in [0.05, 0.1) is 12.2 Å². The number of ether oxygens (including phenoxy) is 1. The number of morpholine rings is 1. The van der Waals surface area contributed by atoms with Gasteiger partial charge >= 0.3 is 0 Å². The lowest BCUT2D eigenvalue weighted by Crippen LogP contribution is -2.63.